The first-order valence-electron chi connectivity index (χ1n) is 10.7. The molecule has 0 bridgehead atoms. The first kappa shape index (κ1) is 21.0. The quantitative estimate of drug-likeness (QED) is 0.491. The number of methoxy groups -OCH3 is 1. The number of hydrogen-bond donors (Lipinski definition) is 0. The summed E-state index contributed by atoms with van der Waals surface area (Å²) in [6.45, 7) is 2.82. The Morgan fingerprint density at radius 1 is 1.16 bits per heavy atom. The van der Waals surface area contributed by atoms with Crippen molar-refractivity contribution >= 4 is 11.9 Å². The molecule has 7 heteroatoms. The molecular formula is C24H27NO6. The fraction of sp³-hybridized carbons (Fsp3) is 0.417. The minimum atomic E-state index is -0.503. The molecule has 0 radical (unpaired) electrons. The van der Waals surface area contributed by atoms with Crippen LogP contribution in [0.25, 0.3) is 0 Å². The van der Waals surface area contributed by atoms with Crippen LogP contribution in [0.1, 0.15) is 44.2 Å². The maximum absolute atomic E-state index is 13.3. The zero-order valence-electron chi connectivity index (χ0n) is 17.8. The molecule has 31 heavy (non-hydrogen) atoms. The van der Waals surface area contributed by atoms with Gasteiger partial charge in [-0.05, 0) is 31.0 Å². The van der Waals surface area contributed by atoms with E-state index in [2.05, 4.69) is 6.92 Å². The standard InChI is InChI=1S/C24H27NO6/c1-3-4-13-25-22(26)12-10-18(23(25)17-7-5-6-8-19(17)28-2)24(27)31-16-9-11-20-21(14-16)30-15-29-20/h5-9,11,14,18,23H,3-4,10,12-13,15H2,1-2H3/t18-,23+/m1/s1. The normalized spacial score (nSPS) is 19.9. The monoisotopic (exact) mass is 425 g/mol. The fourth-order valence-electron chi connectivity index (χ4n) is 4.22. The van der Waals surface area contributed by atoms with Crippen LogP contribution in [0.3, 0.4) is 0 Å². The van der Waals surface area contributed by atoms with E-state index in [-0.39, 0.29) is 18.7 Å². The number of nitrogens with zero attached hydrogens (tertiary/aromatic N) is 1. The number of fused-ring (bicyclic) bond motifs is 1. The molecule has 1 amide bonds. The smallest absolute Gasteiger partial charge is 0.316 e. The Bertz CT molecular complexity index is 959. The third-order valence-corrected chi connectivity index (χ3v) is 5.78. The highest BCUT2D eigenvalue weighted by Crippen LogP contribution is 2.42. The van der Waals surface area contributed by atoms with Gasteiger partial charge in [0.15, 0.2) is 11.5 Å². The topological polar surface area (TPSA) is 74.3 Å². The van der Waals surface area contributed by atoms with Crippen LogP contribution in [0, 0.1) is 5.92 Å². The molecule has 0 saturated carbocycles. The van der Waals surface area contributed by atoms with E-state index in [1.54, 1.807) is 25.3 Å². The molecule has 4 rings (SSSR count). The van der Waals surface area contributed by atoms with Crippen molar-refractivity contribution in [2.75, 3.05) is 20.4 Å². The number of carbonyl (C=O) groups excluding carboxylic acids is 2. The first-order valence-corrected chi connectivity index (χ1v) is 10.7. The van der Waals surface area contributed by atoms with Crippen LogP contribution in [0.4, 0.5) is 0 Å². The highest BCUT2D eigenvalue weighted by molar-refractivity contribution is 5.83. The number of ether oxygens (including phenoxy) is 4. The number of esters is 1. The zero-order chi connectivity index (χ0) is 21.8. The summed E-state index contributed by atoms with van der Waals surface area (Å²) in [5.74, 6) is 1.40. The van der Waals surface area contributed by atoms with Gasteiger partial charge in [0.05, 0.1) is 19.1 Å². The summed E-state index contributed by atoms with van der Waals surface area (Å²) in [6, 6.07) is 12.2. The predicted molar refractivity (Wildman–Crippen MR) is 113 cm³/mol. The lowest BCUT2D eigenvalue weighted by Gasteiger charge is -2.40. The summed E-state index contributed by atoms with van der Waals surface area (Å²) in [4.78, 5) is 28.0. The number of hydrogen-bond acceptors (Lipinski definition) is 6. The van der Waals surface area contributed by atoms with E-state index in [9.17, 15) is 9.59 Å². The van der Waals surface area contributed by atoms with Gasteiger partial charge in [0, 0.05) is 24.6 Å². The van der Waals surface area contributed by atoms with E-state index >= 15 is 0 Å². The van der Waals surface area contributed by atoms with Crippen molar-refractivity contribution in [2.45, 2.75) is 38.6 Å². The predicted octanol–water partition coefficient (Wildman–Crippen LogP) is 4.11. The summed E-state index contributed by atoms with van der Waals surface area (Å²) < 4.78 is 22.0. The Morgan fingerprint density at radius 2 is 1.97 bits per heavy atom. The van der Waals surface area contributed by atoms with Gasteiger partial charge in [-0.1, -0.05) is 31.5 Å². The van der Waals surface area contributed by atoms with Crippen molar-refractivity contribution < 1.29 is 28.5 Å². The molecule has 0 spiro atoms. The van der Waals surface area contributed by atoms with Gasteiger partial charge >= 0.3 is 5.97 Å². The number of rotatable bonds is 7. The minimum absolute atomic E-state index is 0.0523. The first-order chi connectivity index (χ1) is 15.1. The Balaban J connectivity index is 1.64. The number of carbonyl (C=O) groups is 2. The number of para-hydroxylation sites is 1. The Morgan fingerprint density at radius 3 is 2.77 bits per heavy atom. The Kier molecular flexibility index (Phi) is 6.30. The van der Waals surface area contributed by atoms with Gasteiger partial charge in [-0.25, -0.2) is 0 Å². The summed E-state index contributed by atoms with van der Waals surface area (Å²) in [7, 11) is 1.60. The van der Waals surface area contributed by atoms with E-state index in [0.29, 0.717) is 42.4 Å². The molecule has 7 nitrogen and oxygen atoms in total. The van der Waals surface area contributed by atoms with Crippen LogP contribution >= 0.6 is 0 Å². The minimum Gasteiger partial charge on any atom is -0.496 e. The summed E-state index contributed by atoms with van der Waals surface area (Å²) in [6.07, 6.45) is 2.56. The van der Waals surface area contributed by atoms with Crippen LogP contribution in [0.15, 0.2) is 42.5 Å². The SMILES string of the molecule is CCCCN1C(=O)CC[C@@H](C(=O)Oc2ccc3c(c2)OCO3)[C@@H]1c1ccccc1OC. The maximum Gasteiger partial charge on any atom is 0.316 e. The average Bonchev–Trinajstić information content (AvgIpc) is 3.26. The van der Waals surface area contributed by atoms with Crippen LogP contribution in [-0.4, -0.2) is 37.2 Å². The number of unbranched alkanes of at least 4 members (excludes halogenated alkanes) is 1. The van der Waals surface area contributed by atoms with E-state index < -0.39 is 12.0 Å². The van der Waals surface area contributed by atoms with Gasteiger partial charge < -0.3 is 23.8 Å². The van der Waals surface area contributed by atoms with E-state index in [1.165, 1.54) is 0 Å². The van der Waals surface area contributed by atoms with Crippen molar-refractivity contribution in [3.63, 3.8) is 0 Å². The fourth-order valence-corrected chi connectivity index (χ4v) is 4.22. The van der Waals surface area contributed by atoms with Crippen molar-refractivity contribution in [3.05, 3.63) is 48.0 Å². The summed E-state index contributed by atoms with van der Waals surface area (Å²) >= 11 is 0. The van der Waals surface area contributed by atoms with Crippen LogP contribution in [0.5, 0.6) is 23.0 Å². The highest BCUT2D eigenvalue weighted by atomic mass is 16.7. The molecular weight excluding hydrogens is 398 g/mol. The van der Waals surface area contributed by atoms with Gasteiger partial charge in [0.25, 0.3) is 0 Å². The van der Waals surface area contributed by atoms with Crippen molar-refractivity contribution in [1.82, 2.24) is 4.90 Å². The van der Waals surface area contributed by atoms with E-state index in [4.69, 9.17) is 18.9 Å². The third kappa shape index (κ3) is 4.31. The molecule has 2 aliphatic rings. The number of amides is 1. The van der Waals surface area contributed by atoms with Crippen molar-refractivity contribution in [2.24, 2.45) is 5.92 Å². The van der Waals surface area contributed by atoms with E-state index in [0.717, 1.165) is 18.4 Å². The lowest BCUT2D eigenvalue weighted by atomic mass is 9.83. The highest BCUT2D eigenvalue weighted by Gasteiger charge is 2.42. The molecule has 2 atom stereocenters. The average molecular weight is 425 g/mol. The van der Waals surface area contributed by atoms with Crippen molar-refractivity contribution in [1.29, 1.82) is 0 Å². The molecule has 1 saturated heterocycles. The van der Waals surface area contributed by atoms with Crippen molar-refractivity contribution in [3.8, 4) is 23.0 Å². The largest absolute Gasteiger partial charge is 0.496 e. The molecule has 0 aromatic heterocycles. The molecule has 0 unspecified atom stereocenters. The van der Waals surface area contributed by atoms with Crippen LogP contribution in [0.2, 0.25) is 0 Å². The molecule has 0 aliphatic carbocycles. The molecule has 2 aromatic carbocycles. The second-order valence-electron chi connectivity index (χ2n) is 7.71. The molecule has 164 valence electrons. The van der Waals surface area contributed by atoms with Gasteiger partial charge in [-0.3, -0.25) is 9.59 Å². The maximum atomic E-state index is 13.3. The second kappa shape index (κ2) is 9.29. The lowest BCUT2D eigenvalue weighted by Crippen LogP contribution is -2.46. The molecule has 2 aliphatic heterocycles. The molecule has 2 aromatic rings. The zero-order valence-corrected chi connectivity index (χ0v) is 17.8. The number of piperidine rings is 1. The number of benzene rings is 2. The van der Waals surface area contributed by atoms with Gasteiger partial charge in [-0.15, -0.1) is 0 Å². The van der Waals surface area contributed by atoms with E-state index in [1.807, 2.05) is 29.2 Å². The summed E-state index contributed by atoms with van der Waals surface area (Å²) in [5.41, 5.74) is 0.821. The van der Waals surface area contributed by atoms with Gasteiger partial charge in [-0.2, -0.15) is 0 Å². The van der Waals surface area contributed by atoms with Gasteiger partial charge in [0.1, 0.15) is 11.5 Å². The van der Waals surface area contributed by atoms with Crippen LogP contribution in [-0.2, 0) is 9.59 Å². The molecule has 1 fully saturated rings. The van der Waals surface area contributed by atoms with Crippen LogP contribution < -0.4 is 18.9 Å². The number of likely N-dealkylation sites (tertiary alicyclic amines) is 1. The Labute approximate surface area is 181 Å². The van der Waals surface area contributed by atoms with Gasteiger partial charge in [0.2, 0.25) is 12.7 Å². The summed E-state index contributed by atoms with van der Waals surface area (Å²) in [5, 5.41) is 0. The molecule has 0 N–H and O–H groups in total. The lowest BCUT2D eigenvalue weighted by molar-refractivity contribution is -0.150. The second-order valence-corrected chi connectivity index (χ2v) is 7.71. The molecule has 2 heterocycles. The third-order valence-electron chi connectivity index (χ3n) is 5.78. The Hall–Kier alpha value is -3.22.